The zero-order valence-electron chi connectivity index (χ0n) is 21.1. The van der Waals surface area contributed by atoms with Gasteiger partial charge in [0.2, 0.25) is 5.91 Å². The van der Waals surface area contributed by atoms with Crippen LogP contribution in [0.3, 0.4) is 0 Å². The van der Waals surface area contributed by atoms with Crippen LogP contribution in [0.1, 0.15) is 28.4 Å². The fourth-order valence-electron chi connectivity index (χ4n) is 3.75. The summed E-state index contributed by atoms with van der Waals surface area (Å²) in [5.74, 6) is -0.615. The fraction of sp³-hybridized carbons (Fsp3) is 0.133. The van der Waals surface area contributed by atoms with Crippen molar-refractivity contribution in [1.29, 1.82) is 5.26 Å². The lowest BCUT2D eigenvalue weighted by Crippen LogP contribution is -2.22. The molecule has 1 aromatic heterocycles. The molecule has 0 spiro atoms. The number of hydrogen-bond donors (Lipinski definition) is 2. The summed E-state index contributed by atoms with van der Waals surface area (Å²) in [6.45, 7) is 3.74. The Labute approximate surface area is 225 Å². The van der Waals surface area contributed by atoms with Crippen molar-refractivity contribution in [2.75, 3.05) is 12.4 Å². The highest BCUT2D eigenvalue weighted by molar-refractivity contribution is 8.00. The van der Waals surface area contributed by atoms with Crippen LogP contribution in [0.5, 0.6) is 5.75 Å². The van der Waals surface area contributed by atoms with Crippen molar-refractivity contribution in [2.24, 2.45) is 0 Å². The van der Waals surface area contributed by atoms with Crippen molar-refractivity contribution in [3.63, 3.8) is 0 Å². The van der Waals surface area contributed by atoms with Gasteiger partial charge in [0.1, 0.15) is 16.8 Å². The predicted molar refractivity (Wildman–Crippen MR) is 148 cm³/mol. The predicted octanol–water partition coefficient (Wildman–Crippen LogP) is 6.42. The number of ether oxygens (including phenoxy) is 1. The number of carbonyl (C=O) groups excluding carboxylic acids is 1. The highest BCUT2D eigenvalue weighted by Crippen LogP contribution is 2.36. The smallest absolute Gasteiger partial charge is 0.335 e. The molecular formula is C30H25N3O4S. The summed E-state index contributed by atoms with van der Waals surface area (Å²) in [6, 6.07) is 25.5. The molecule has 0 saturated carbocycles. The van der Waals surface area contributed by atoms with Crippen molar-refractivity contribution in [2.45, 2.75) is 24.1 Å². The van der Waals surface area contributed by atoms with Gasteiger partial charge >= 0.3 is 5.97 Å². The number of nitriles is 1. The van der Waals surface area contributed by atoms with Crippen LogP contribution in [0.25, 0.3) is 22.4 Å². The fourth-order valence-corrected chi connectivity index (χ4v) is 4.67. The Morgan fingerprint density at radius 3 is 2.21 bits per heavy atom. The van der Waals surface area contributed by atoms with Crippen molar-refractivity contribution in [1.82, 2.24) is 4.98 Å². The third-order valence-corrected chi connectivity index (χ3v) is 6.99. The summed E-state index contributed by atoms with van der Waals surface area (Å²) in [6.07, 6.45) is 0. The summed E-state index contributed by atoms with van der Waals surface area (Å²) in [5, 5.41) is 21.9. The number of hydrogen-bond acceptors (Lipinski definition) is 6. The van der Waals surface area contributed by atoms with E-state index in [1.807, 2.05) is 61.5 Å². The Morgan fingerprint density at radius 1 is 1.00 bits per heavy atom. The number of carboxylic acids is 1. The summed E-state index contributed by atoms with van der Waals surface area (Å²) in [7, 11) is 1.60. The number of pyridine rings is 1. The lowest BCUT2D eigenvalue weighted by Gasteiger charge is -2.16. The van der Waals surface area contributed by atoms with Crippen LogP contribution in [0.2, 0.25) is 0 Å². The van der Waals surface area contributed by atoms with Gasteiger partial charge in [0.25, 0.3) is 0 Å². The van der Waals surface area contributed by atoms with Crippen LogP contribution in [-0.4, -0.2) is 34.3 Å². The number of aromatic nitrogens is 1. The number of amides is 1. The number of carbonyl (C=O) groups is 2. The molecule has 7 nitrogen and oxygen atoms in total. The monoisotopic (exact) mass is 523 g/mol. The molecule has 0 aliphatic rings. The van der Waals surface area contributed by atoms with Gasteiger partial charge < -0.3 is 15.2 Å². The van der Waals surface area contributed by atoms with E-state index in [0.29, 0.717) is 22.0 Å². The molecule has 4 rings (SSSR count). The zero-order valence-corrected chi connectivity index (χ0v) is 21.9. The van der Waals surface area contributed by atoms with Gasteiger partial charge in [-0.15, -0.1) is 0 Å². The van der Waals surface area contributed by atoms with Crippen LogP contribution in [0, 0.1) is 18.3 Å². The molecule has 190 valence electrons. The lowest BCUT2D eigenvalue weighted by molar-refractivity contribution is -0.115. The van der Waals surface area contributed by atoms with Gasteiger partial charge in [-0.2, -0.15) is 5.26 Å². The molecule has 0 aliphatic carbocycles. The Balaban J connectivity index is 1.69. The number of anilines is 1. The second kappa shape index (κ2) is 11.6. The minimum Gasteiger partial charge on any atom is -0.497 e. The first kappa shape index (κ1) is 26.5. The molecule has 1 unspecified atom stereocenters. The first-order valence-corrected chi connectivity index (χ1v) is 12.6. The summed E-state index contributed by atoms with van der Waals surface area (Å²) in [4.78, 5) is 28.9. The van der Waals surface area contributed by atoms with Crippen molar-refractivity contribution < 1.29 is 19.4 Å². The number of thioether (sulfide) groups is 1. The van der Waals surface area contributed by atoms with Crippen LogP contribution in [-0.2, 0) is 4.79 Å². The molecule has 1 amide bonds. The Kier molecular flexibility index (Phi) is 8.09. The van der Waals surface area contributed by atoms with Crippen LogP contribution in [0.15, 0.2) is 83.9 Å². The Morgan fingerprint density at radius 2 is 1.63 bits per heavy atom. The first-order valence-electron chi connectivity index (χ1n) is 11.8. The van der Waals surface area contributed by atoms with Gasteiger partial charge in [-0.1, -0.05) is 41.6 Å². The molecule has 2 N–H and O–H groups in total. The lowest BCUT2D eigenvalue weighted by atomic mass is 9.98. The van der Waals surface area contributed by atoms with E-state index in [4.69, 9.17) is 14.8 Å². The highest BCUT2D eigenvalue weighted by Gasteiger charge is 2.22. The van der Waals surface area contributed by atoms with Gasteiger partial charge in [-0.05, 0) is 74.0 Å². The van der Waals surface area contributed by atoms with Gasteiger partial charge in [0, 0.05) is 16.8 Å². The van der Waals surface area contributed by atoms with Crippen LogP contribution < -0.4 is 10.1 Å². The van der Waals surface area contributed by atoms with E-state index in [9.17, 15) is 14.9 Å². The zero-order chi connectivity index (χ0) is 27.2. The average Bonchev–Trinajstić information content (AvgIpc) is 2.93. The molecular weight excluding hydrogens is 498 g/mol. The molecule has 1 atom stereocenters. The first-order chi connectivity index (χ1) is 18.3. The second-order valence-electron chi connectivity index (χ2n) is 8.57. The van der Waals surface area contributed by atoms with Crippen molar-refractivity contribution in [3.05, 3.63) is 95.6 Å². The maximum absolute atomic E-state index is 13.0. The molecule has 3 aromatic carbocycles. The largest absolute Gasteiger partial charge is 0.497 e. The van der Waals surface area contributed by atoms with Crippen molar-refractivity contribution >= 4 is 29.3 Å². The van der Waals surface area contributed by atoms with E-state index >= 15 is 0 Å². The number of carboxylic acid groups (broad SMARTS) is 1. The molecule has 0 radical (unpaired) electrons. The number of aromatic carboxylic acids is 1. The van der Waals surface area contributed by atoms with E-state index < -0.39 is 11.2 Å². The Hall–Kier alpha value is -4.61. The average molecular weight is 524 g/mol. The van der Waals surface area contributed by atoms with E-state index in [-0.39, 0.29) is 11.5 Å². The number of benzene rings is 3. The van der Waals surface area contributed by atoms with E-state index in [0.717, 1.165) is 28.0 Å². The number of nitrogens with one attached hydrogen (secondary N) is 1. The van der Waals surface area contributed by atoms with E-state index in [1.165, 1.54) is 36.0 Å². The molecule has 0 aliphatic heterocycles. The Bertz CT molecular complexity index is 1510. The van der Waals surface area contributed by atoms with Crippen molar-refractivity contribution in [3.8, 4) is 34.2 Å². The summed E-state index contributed by atoms with van der Waals surface area (Å²) < 4.78 is 5.27. The standard InChI is InChI=1S/C30H25N3O4S/c1-18-4-6-20(7-5-18)25-16-27(21-10-14-24(37-3)15-11-21)33-29(26(25)17-31)38-19(2)28(34)32-23-12-8-22(9-13-23)30(35)36/h4-16,19H,1-3H3,(H,32,34)(H,35,36). The van der Waals surface area contributed by atoms with Crippen LogP contribution in [0.4, 0.5) is 5.69 Å². The molecule has 4 aromatic rings. The topological polar surface area (TPSA) is 112 Å². The molecule has 0 saturated heterocycles. The van der Waals surface area contributed by atoms with E-state index in [1.54, 1.807) is 14.0 Å². The third-order valence-electron chi connectivity index (χ3n) is 5.90. The normalized spacial score (nSPS) is 11.3. The van der Waals surface area contributed by atoms with E-state index in [2.05, 4.69) is 11.4 Å². The van der Waals surface area contributed by atoms with Gasteiger partial charge in [0.15, 0.2) is 0 Å². The molecule has 1 heterocycles. The van der Waals surface area contributed by atoms with Crippen LogP contribution >= 0.6 is 11.8 Å². The highest BCUT2D eigenvalue weighted by atomic mass is 32.2. The second-order valence-corrected chi connectivity index (χ2v) is 9.90. The maximum atomic E-state index is 13.0. The SMILES string of the molecule is COc1ccc(-c2cc(-c3ccc(C)cc3)c(C#N)c(SC(C)C(=O)Nc3ccc(C(=O)O)cc3)n2)cc1. The third kappa shape index (κ3) is 6.02. The number of rotatable bonds is 8. The molecule has 38 heavy (non-hydrogen) atoms. The molecule has 0 bridgehead atoms. The maximum Gasteiger partial charge on any atom is 0.335 e. The van der Waals surface area contributed by atoms with Gasteiger partial charge in [0.05, 0.1) is 29.2 Å². The van der Waals surface area contributed by atoms with Gasteiger partial charge in [-0.3, -0.25) is 4.79 Å². The summed E-state index contributed by atoms with van der Waals surface area (Å²) in [5.41, 5.74) is 5.23. The van der Waals surface area contributed by atoms with Gasteiger partial charge in [-0.25, -0.2) is 9.78 Å². The molecule has 0 fully saturated rings. The minimum atomic E-state index is -1.04. The molecule has 8 heteroatoms. The summed E-state index contributed by atoms with van der Waals surface area (Å²) >= 11 is 1.19. The number of methoxy groups -OCH3 is 1. The minimum absolute atomic E-state index is 0.132. The number of aryl methyl sites for hydroxylation is 1. The quantitative estimate of drug-likeness (QED) is 0.256. The number of nitrogens with zero attached hydrogens (tertiary/aromatic N) is 2.